The Kier molecular flexibility index (Phi) is 2.06. The van der Waals surface area contributed by atoms with E-state index in [1.165, 1.54) is 0 Å². The zero-order valence-corrected chi connectivity index (χ0v) is 11.4. The van der Waals surface area contributed by atoms with Crippen LogP contribution < -0.4 is 4.90 Å². The van der Waals surface area contributed by atoms with Crippen molar-refractivity contribution < 1.29 is 9.53 Å². The van der Waals surface area contributed by atoms with E-state index in [1.54, 1.807) is 0 Å². The predicted octanol–water partition coefficient (Wildman–Crippen LogP) is 2.93. The Morgan fingerprint density at radius 2 is 2.26 bits per heavy atom. The molecule has 0 N–H and O–H groups in total. The van der Waals surface area contributed by atoms with Crippen LogP contribution in [-0.4, -0.2) is 23.2 Å². The molecule has 0 radical (unpaired) electrons. The minimum atomic E-state index is -0.262. The monoisotopic (exact) mass is 275 g/mol. The van der Waals surface area contributed by atoms with Crippen molar-refractivity contribution in [3.05, 3.63) is 41.4 Å². The topological polar surface area (TPSA) is 32.8 Å². The molecule has 1 aromatic rings. The second-order valence-electron chi connectivity index (χ2n) is 5.54. The fourth-order valence-electron chi connectivity index (χ4n) is 3.50. The molecule has 0 bridgehead atoms. The van der Waals surface area contributed by atoms with Crippen molar-refractivity contribution in [2.45, 2.75) is 37.0 Å². The van der Waals surface area contributed by atoms with Crippen LogP contribution in [-0.2, 0) is 9.53 Å². The first-order chi connectivity index (χ1) is 9.08. The Bertz CT molecular complexity index is 614. The van der Waals surface area contributed by atoms with Gasteiger partial charge in [0.2, 0.25) is 5.91 Å². The predicted molar refractivity (Wildman–Crippen MR) is 73.3 cm³/mol. The van der Waals surface area contributed by atoms with Crippen LogP contribution in [0.1, 0.15) is 19.8 Å². The summed E-state index contributed by atoms with van der Waals surface area (Å²) >= 11 is 6.04. The number of hydrogen-bond donors (Lipinski definition) is 0. The van der Waals surface area contributed by atoms with Crippen molar-refractivity contribution in [2.24, 2.45) is 0 Å². The molecular weight excluding hydrogens is 262 g/mol. The molecule has 2 saturated heterocycles. The van der Waals surface area contributed by atoms with E-state index in [-0.39, 0.29) is 23.2 Å². The number of ether oxygens (including phenoxy) is 1. The SMILES string of the molecule is CC1N(c2cccc(Cl)c2)C(=O)CCC23C=CC12O3. The molecule has 1 aromatic carbocycles. The highest BCUT2D eigenvalue weighted by atomic mass is 35.5. The number of carbonyl (C=O) groups excluding carboxylic acids is 1. The van der Waals surface area contributed by atoms with Gasteiger partial charge in [-0.15, -0.1) is 0 Å². The fourth-order valence-corrected chi connectivity index (χ4v) is 3.68. The lowest BCUT2D eigenvalue weighted by atomic mass is 9.76. The Labute approximate surface area is 116 Å². The molecule has 1 aliphatic carbocycles. The van der Waals surface area contributed by atoms with E-state index >= 15 is 0 Å². The van der Waals surface area contributed by atoms with Crippen LogP contribution in [0.15, 0.2) is 36.4 Å². The molecule has 2 heterocycles. The number of hydrogen-bond acceptors (Lipinski definition) is 2. The molecule has 4 rings (SSSR count). The Balaban J connectivity index is 1.78. The largest absolute Gasteiger partial charge is 0.351 e. The van der Waals surface area contributed by atoms with Crippen molar-refractivity contribution in [3.8, 4) is 0 Å². The maximum Gasteiger partial charge on any atom is 0.227 e. The first-order valence-corrected chi connectivity index (χ1v) is 6.94. The highest BCUT2D eigenvalue weighted by Gasteiger charge is 2.76. The van der Waals surface area contributed by atoms with E-state index < -0.39 is 0 Å². The Morgan fingerprint density at radius 1 is 1.42 bits per heavy atom. The Morgan fingerprint density at radius 3 is 2.95 bits per heavy atom. The lowest BCUT2D eigenvalue weighted by Crippen LogP contribution is -2.49. The number of carbonyl (C=O) groups is 1. The molecule has 0 aromatic heterocycles. The van der Waals surface area contributed by atoms with Crippen molar-refractivity contribution in [1.82, 2.24) is 0 Å². The number of amides is 1. The van der Waals surface area contributed by atoms with Gasteiger partial charge in [-0.1, -0.05) is 23.7 Å². The minimum absolute atomic E-state index is 0.00552. The third kappa shape index (κ3) is 1.30. The maximum absolute atomic E-state index is 12.4. The van der Waals surface area contributed by atoms with Crippen LogP contribution in [0.5, 0.6) is 0 Å². The van der Waals surface area contributed by atoms with Gasteiger partial charge >= 0.3 is 0 Å². The number of nitrogens with zero attached hydrogens (tertiary/aromatic N) is 1. The van der Waals surface area contributed by atoms with Crippen LogP contribution in [0, 0.1) is 0 Å². The van der Waals surface area contributed by atoms with Gasteiger partial charge in [0.15, 0.2) is 0 Å². The summed E-state index contributed by atoms with van der Waals surface area (Å²) in [6, 6.07) is 7.46. The first kappa shape index (κ1) is 11.5. The summed E-state index contributed by atoms with van der Waals surface area (Å²) in [6.07, 6.45) is 5.48. The number of benzene rings is 1. The van der Waals surface area contributed by atoms with Crippen LogP contribution in [0.2, 0.25) is 5.02 Å². The minimum Gasteiger partial charge on any atom is -0.351 e. The molecular formula is C15H14ClNO2. The van der Waals surface area contributed by atoms with Gasteiger partial charge in [0.25, 0.3) is 0 Å². The molecule has 3 nitrogen and oxygen atoms in total. The van der Waals surface area contributed by atoms with E-state index in [0.29, 0.717) is 11.4 Å². The van der Waals surface area contributed by atoms with E-state index in [2.05, 4.69) is 19.1 Å². The summed E-state index contributed by atoms with van der Waals surface area (Å²) in [5.74, 6) is 0.146. The highest BCUT2D eigenvalue weighted by molar-refractivity contribution is 6.30. The second kappa shape index (κ2) is 3.41. The van der Waals surface area contributed by atoms with Crippen molar-refractivity contribution >= 4 is 23.2 Å². The number of epoxide rings is 1. The molecule has 4 heteroatoms. The summed E-state index contributed by atoms with van der Waals surface area (Å²) in [5.41, 5.74) is 0.419. The molecule has 19 heavy (non-hydrogen) atoms. The van der Waals surface area contributed by atoms with Crippen molar-refractivity contribution in [3.63, 3.8) is 0 Å². The van der Waals surface area contributed by atoms with Gasteiger partial charge < -0.3 is 9.64 Å². The molecule has 2 fully saturated rings. The summed E-state index contributed by atoms with van der Waals surface area (Å²) in [6.45, 7) is 2.05. The lowest BCUT2D eigenvalue weighted by Gasteiger charge is -2.33. The van der Waals surface area contributed by atoms with Gasteiger partial charge in [0.05, 0.1) is 6.04 Å². The van der Waals surface area contributed by atoms with Crippen LogP contribution in [0.4, 0.5) is 5.69 Å². The third-order valence-corrected chi connectivity index (χ3v) is 4.88. The summed E-state index contributed by atoms with van der Waals surface area (Å²) in [7, 11) is 0. The van der Waals surface area contributed by atoms with E-state index in [4.69, 9.17) is 16.3 Å². The van der Waals surface area contributed by atoms with Crippen molar-refractivity contribution in [1.29, 1.82) is 0 Å². The molecule has 2 aliphatic heterocycles. The summed E-state index contributed by atoms with van der Waals surface area (Å²) in [5, 5.41) is 0.645. The zero-order chi connectivity index (χ0) is 13.3. The van der Waals surface area contributed by atoms with Gasteiger partial charge in [0, 0.05) is 17.1 Å². The highest BCUT2D eigenvalue weighted by Crippen LogP contribution is 2.64. The summed E-state index contributed by atoms with van der Waals surface area (Å²) in [4.78, 5) is 14.3. The molecule has 98 valence electrons. The Hall–Kier alpha value is -1.32. The number of halogens is 1. The van der Waals surface area contributed by atoms with Crippen LogP contribution >= 0.6 is 11.6 Å². The van der Waals surface area contributed by atoms with Crippen molar-refractivity contribution in [2.75, 3.05) is 4.90 Å². The molecule has 3 aliphatic rings. The van der Waals surface area contributed by atoms with Gasteiger partial charge in [-0.05, 0) is 37.6 Å². The third-order valence-electron chi connectivity index (χ3n) is 4.64. The average Bonchev–Trinajstić information content (AvgIpc) is 2.85. The zero-order valence-electron chi connectivity index (χ0n) is 10.6. The van der Waals surface area contributed by atoms with E-state index in [9.17, 15) is 4.79 Å². The van der Waals surface area contributed by atoms with Crippen LogP contribution in [0.25, 0.3) is 0 Å². The van der Waals surface area contributed by atoms with Crippen LogP contribution in [0.3, 0.4) is 0 Å². The number of rotatable bonds is 1. The molecule has 0 spiro atoms. The standard InChI is InChI=1S/C15H14ClNO2/c1-10-15-8-7-14(15,19-15)6-5-13(18)17(10)12-4-2-3-11(16)9-12/h2-4,7-10H,5-6H2,1H3. The summed E-state index contributed by atoms with van der Waals surface area (Å²) < 4.78 is 5.95. The van der Waals surface area contributed by atoms with Gasteiger partial charge in [0.1, 0.15) is 11.2 Å². The van der Waals surface area contributed by atoms with Gasteiger partial charge in [-0.25, -0.2) is 0 Å². The second-order valence-corrected chi connectivity index (χ2v) is 5.97. The normalized spacial score (nSPS) is 39.2. The maximum atomic E-state index is 12.4. The smallest absolute Gasteiger partial charge is 0.227 e. The quantitative estimate of drug-likeness (QED) is 0.583. The van der Waals surface area contributed by atoms with E-state index in [1.807, 2.05) is 29.2 Å². The molecule has 3 unspecified atom stereocenters. The van der Waals surface area contributed by atoms with Gasteiger partial charge in [-0.2, -0.15) is 0 Å². The first-order valence-electron chi connectivity index (χ1n) is 6.56. The molecule has 0 saturated carbocycles. The molecule has 3 atom stereocenters. The average molecular weight is 276 g/mol. The lowest BCUT2D eigenvalue weighted by molar-refractivity contribution is -0.119. The van der Waals surface area contributed by atoms with Gasteiger partial charge in [-0.3, -0.25) is 4.79 Å². The molecule has 1 amide bonds. The number of anilines is 1. The van der Waals surface area contributed by atoms with E-state index in [0.717, 1.165) is 12.1 Å². The fraction of sp³-hybridized carbons (Fsp3) is 0.400.